The highest BCUT2D eigenvalue weighted by atomic mass is 31.2. The number of carbonyl (C=O) groups is 1. The van der Waals surface area contributed by atoms with E-state index < -0.39 is 13.9 Å². The molecule has 0 amide bonds. The second-order valence-electron chi connectivity index (χ2n) is 13.5. The van der Waals surface area contributed by atoms with Crippen molar-refractivity contribution >= 4 is 13.8 Å². The van der Waals surface area contributed by atoms with Gasteiger partial charge in [-0.2, -0.15) is 0 Å². The Labute approximate surface area is 319 Å². The maximum absolute atomic E-state index is 12.6. The molecule has 302 valence electrons. The smallest absolute Gasteiger partial charge is 0.457 e. The summed E-state index contributed by atoms with van der Waals surface area (Å²) in [5.74, 6) is -0.349. The van der Waals surface area contributed by atoms with Crippen LogP contribution >= 0.6 is 7.82 Å². The van der Waals surface area contributed by atoms with Crippen LogP contribution in [0.2, 0.25) is 0 Å². The fourth-order valence-corrected chi connectivity index (χ4v) is 6.10. The summed E-state index contributed by atoms with van der Waals surface area (Å²) >= 11 is 0. The summed E-state index contributed by atoms with van der Waals surface area (Å²) in [5, 5.41) is 0. The zero-order valence-corrected chi connectivity index (χ0v) is 34.2. The lowest BCUT2D eigenvalue weighted by molar-refractivity contribution is -0.154. The van der Waals surface area contributed by atoms with E-state index in [1.54, 1.807) is 0 Å². The molecular formula is C43H78NO7P. The molecule has 0 aromatic carbocycles. The van der Waals surface area contributed by atoms with Gasteiger partial charge in [0.25, 0.3) is 0 Å². The molecule has 52 heavy (non-hydrogen) atoms. The third-order valence-electron chi connectivity index (χ3n) is 8.39. The third kappa shape index (κ3) is 39.4. The minimum atomic E-state index is -4.28. The Morgan fingerprint density at radius 1 is 0.577 bits per heavy atom. The van der Waals surface area contributed by atoms with Crippen molar-refractivity contribution in [2.75, 3.05) is 33.0 Å². The van der Waals surface area contributed by atoms with Crippen molar-refractivity contribution < 1.29 is 32.8 Å². The molecule has 0 aliphatic rings. The van der Waals surface area contributed by atoms with Gasteiger partial charge in [-0.05, 0) is 77.0 Å². The van der Waals surface area contributed by atoms with Crippen molar-refractivity contribution in [1.82, 2.24) is 0 Å². The Balaban J connectivity index is 4.10. The minimum absolute atomic E-state index is 0.0934. The van der Waals surface area contributed by atoms with Gasteiger partial charge < -0.3 is 20.1 Å². The first-order valence-corrected chi connectivity index (χ1v) is 22.3. The molecule has 0 aliphatic carbocycles. The van der Waals surface area contributed by atoms with Crippen molar-refractivity contribution in [3.05, 3.63) is 60.8 Å². The number of hydrogen-bond acceptors (Lipinski definition) is 7. The van der Waals surface area contributed by atoms with E-state index in [1.165, 1.54) is 64.2 Å². The van der Waals surface area contributed by atoms with Crippen LogP contribution in [0.25, 0.3) is 0 Å². The van der Waals surface area contributed by atoms with Crippen LogP contribution in [0.4, 0.5) is 0 Å². The van der Waals surface area contributed by atoms with Gasteiger partial charge in [0.05, 0.1) is 19.8 Å². The van der Waals surface area contributed by atoms with Crippen LogP contribution in [0.1, 0.15) is 168 Å². The van der Waals surface area contributed by atoms with Crippen LogP contribution in [0, 0.1) is 0 Å². The van der Waals surface area contributed by atoms with Gasteiger partial charge in [-0.25, -0.2) is 4.57 Å². The zero-order valence-electron chi connectivity index (χ0n) is 33.3. The number of hydrogen-bond donors (Lipinski definition) is 2. The van der Waals surface area contributed by atoms with Gasteiger partial charge in [0.15, 0.2) is 0 Å². The lowest BCUT2D eigenvalue weighted by Gasteiger charge is -2.20. The number of carbonyl (C=O) groups excluding carboxylic acids is 1. The molecule has 0 aromatic rings. The lowest BCUT2D eigenvalue weighted by Crippen LogP contribution is -2.28. The van der Waals surface area contributed by atoms with Gasteiger partial charge in [0.2, 0.25) is 0 Å². The quantitative estimate of drug-likeness (QED) is 0.0276. The number of allylic oxidation sites excluding steroid dienone is 10. The molecule has 0 aromatic heterocycles. The molecule has 0 spiro atoms. The number of phosphoric acid groups is 1. The van der Waals surface area contributed by atoms with Crippen molar-refractivity contribution in [3.8, 4) is 0 Å². The van der Waals surface area contributed by atoms with E-state index >= 15 is 0 Å². The first-order chi connectivity index (χ1) is 25.4. The van der Waals surface area contributed by atoms with Crippen LogP contribution in [-0.2, 0) is 27.9 Å². The molecule has 0 rings (SSSR count). The van der Waals surface area contributed by atoms with Gasteiger partial charge in [-0.15, -0.1) is 0 Å². The van der Waals surface area contributed by atoms with Crippen LogP contribution in [0.5, 0.6) is 0 Å². The summed E-state index contributed by atoms with van der Waals surface area (Å²) in [6.45, 7) is 4.78. The monoisotopic (exact) mass is 752 g/mol. The van der Waals surface area contributed by atoms with Crippen LogP contribution in [-0.4, -0.2) is 49.9 Å². The molecule has 0 heterocycles. The minimum Gasteiger partial charge on any atom is -0.457 e. The third-order valence-corrected chi connectivity index (χ3v) is 9.37. The van der Waals surface area contributed by atoms with Gasteiger partial charge in [0.1, 0.15) is 6.10 Å². The molecule has 9 heteroatoms. The Hall–Kier alpha value is -1.80. The van der Waals surface area contributed by atoms with E-state index in [0.29, 0.717) is 13.0 Å². The number of unbranched alkanes of at least 4 members (excludes halogenated alkanes) is 16. The second kappa shape index (κ2) is 40.4. The number of ether oxygens (including phenoxy) is 2. The zero-order chi connectivity index (χ0) is 38.1. The summed E-state index contributed by atoms with van der Waals surface area (Å²) in [4.78, 5) is 22.4. The molecule has 8 nitrogen and oxygen atoms in total. The number of phosphoric ester groups is 1. The highest BCUT2D eigenvalue weighted by Gasteiger charge is 2.25. The van der Waals surface area contributed by atoms with Gasteiger partial charge in [-0.3, -0.25) is 13.8 Å². The molecule has 0 fully saturated rings. The number of rotatable bonds is 39. The molecule has 3 N–H and O–H groups in total. The lowest BCUT2D eigenvalue weighted by atomic mass is 10.1. The van der Waals surface area contributed by atoms with Crippen molar-refractivity contribution in [1.29, 1.82) is 0 Å². The predicted octanol–water partition coefficient (Wildman–Crippen LogP) is 12.2. The summed E-state index contributed by atoms with van der Waals surface area (Å²) in [6.07, 6.45) is 48.0. The van der Waals surface area contributed by atoms with Crippen LogP contribution in [0.3, 0.4) is 0 Å². The maximum atomic E-state index is 12.6. The number of esters is 1. The van der Waals surface area contributed by atoms with E-state index in [0.717, 1.165) is 83.5 Å². The normalized spacial score (nSPS) is 14.2. The van der Waals surface area contributed by atoms with E-state index in [2.05, 4.69) is 74.6 Å². The topological polar surface area (TPSA) is 117 Å². The van der Waals surface area contributed by atoms with E-state index in [4.69, 9.17) is 24.3 Å². The predicted molar refractivity (Wildman–Crippen MR) is 219 cm³/mol. The van der Waals surface area contributed by atoms with Gasteiger partial charge in [0, 0.05) is 19.6 Å². The largest absolute Gasteiger partial charge is 0.472 e. The summed E-state index contributed by atoms with van der Waals surface area (Å²) in [5.41, 5.74) is 5.36. The van der Waals surface area contributed by atoms with Crippen molar-refractivity contribution in [2.45, 2.75) is 174 Å². The molecular weight excluding hydrogens is 673 g/mol. The average Bonchev–Trinajstić information content (AvgIpc) is 3.13. The first kappa shape index (κ1) is 50.2. The van der Waals surface area contributed by atoms with E-state index in [-0.39, 0.29) is 32.3 Å². The Kier molecular flexibility index (Phi) is 39.0. The molecule has 0 radical (unpaired) electrons. The first-order valence-electron chi connectivity index (χ1n) is 20.8. The van der Waals surface area contributed by atoms with Gasteiger partial charge in [-0.1, -0.05) is 145 Å². The highest BCUT2D eigenvalue weighted by molar-refractivity contribution is 7.47. The molecule has 0 bridgehead atoms. The molecule has 0 saturated heterocycles. The maximum Gasteiger partial charge on any atom is 0.472 e. The fraction of sp³-hybridized carbons (Fsp3) is 0.744. The summed E-state index contributed by atoms with van der Waals surface area (Å²) < 4.78 is 33.4. The summed E-state index contributed by atoms with van der Waals surface area (Å²) in [7, 11) is -4.28. The standard InChI is InChI=1S/C43H78NO7P/c1-3-5-7-9-11-13-15-17-19-20-21-22-23-24-26-28-30-32-34-36-43(45)51-42(41-50-52(46,47)49-39-37-44)40-48-38-35-33-31-29-27-25-18-16-14-12-10-8-6-4-2/h8,10-11,13-14,16-17,19,21-22,42H,3-7,9,12,15,18,20,23-41,44H2,1-2H3,(H,46,47)/b10-8-,13-11-,16-14-,19-17-,22-21-. The highest BCUT2D eigenvalue weighted by Crippen LogP contribution is 2.43. The Morgan fingerprint density at radius 2 is 1.06 bits per heavy atom. The van der Waals surface area contributed by atoms with Crippen molar-refractivity contribution in [2.24, 2.45) is 5.73 Å². The molecule has 2 atom stereocenters. The van der Waals surface area contributed by atoms with E-state index in [1.807, 2.05) is 0 Å². The van der Waals surface area contributed by atoms with E-state index in [9.17, 15) is 14.3 Å². The number of nitrogens with two attached hydrogens (primary N) is 1. The van der Waals surface area contributed by atoms with Crippen LogP contribution < -0.4 is 5.73 Å². The second-order valence-corrected chi connectivity index (χ2v) is 14.9. The average molecular weight is 752 g/mol. The van der Waals surface area contributed by atoms with Crippen molar-refractivity contribution in [3.63, 3.8) is 0 Å². The molecule has 2 unspecified atom stereocenters. The Morgan fingerprint density at radius 3 is 1.60 bits per heavy atom. The molecule has 0 saturated carbocycles. The van der Waals surface area contributed by atoms with Crippen LogP contribution in [0.15, 0.2) is 60.8 Å². The molecule has 0 aliphatic heterocycles. The SMILES string of the molecule is CCC/C=C\C/C=C\CCCCCCCCOCC(COP(=O)(O)OCCN)OC(=O)CCCCCCCC/C=C\C/C=C\C/C=C\CCCCC. The Bertz CT molecular complexity index is 979. The van der Waals surface area contributed by atoms with Gasteiger partial charge >= 0.3 is 13.8 Å². The summed E-state index contributed by atoms with van der Waals surface area (Å²) in [6, 6.07) is 0. The fourth-order valence-electron chi connectivity index (χ4n) is 5.33.